The lowest BCUT2D eigenvalue weighted by atomic mass is 9.43. The molecule has 18 heteroatoms. The molecule has 0 aromatic carbocycles. The molecule has 8 saturated carbocycles. The van der Waals surface area contributed by atoms with E-state index in [2.05, 4.69) is 62.8 Å². The van der Waals surface area contributed by atoms with Crippen LogP contribution in [-0.2, 0) is 39.4 Å². The first kappa shape index (κ1) is 58.8. The summed E-state index contributed by atoms with van der Waals surface area (Å²) >= 11 is 0. The average molecular weight is 1090 g/mol. The second kappa shape index (κ2) is 23.0. The van der Waals surface area contributed by atoms with Crippen LogP contribution in [0.3, 0.4) is 0 Å². The van der Waals surface area contributed by atoms with Gasteiger partial charge >= 0.3 is 0 Å². The van der Waals surface area contributed by atoms with Crippen molar-refractivity contribution in [3.05, 3.63) is 0 Å². The fourth-order valence-electron chi connectivity index (χ4n) is 19.6. The molecular weight excluding hydrogens is 997 g/mol. The predicted molar refractivity (Wildman–Crippen MR) is 287 cm³/mol. The summed E-state index contributed by atoms with van der Waals surface area (Å²) in [5.74, 6) is 2.96. The van der Waals surface area contributed by atoms with Crippen LogP contribution in [0.2, 0.25) is 0 Å². The average Bonchev–Trinajstić information content (AvgIpc) is 3.87. The maximum absolute atomic E-state index is 13.4. The van der Waals surface area contributed by atoms with Crippen LogP contribution in [0, 0.1) is 92.7 Å². The lowest BCUT2D eigenvalue weighted by Crippen LogP contribution is -2.59. The minimum Gasteiger partial charge on any atom is -0.393 e. The summed E-state index contributed by atoms with van der Waals surface area (Å²) in [6.45, 7) is 14.0. The lowest BCUT2D eigenvalue weighted by molar-refractivity contribution is -0.167. The third-order valence-corrected chi connectivity index (χ3v) is 24.9. The minimum absolute atomic E-state index is 0.00882. The Kier molecular flexibility index (Phi) is 18.0. The summed E-state index contributed by atoms with van der Waals surface area (Å²) in [6.07, 6.45) is 18.2. The largest absolute Gasteiger partial charge is 0.393 e. The number of rotatable bonds is 20. The van der Waals surface area contributed by atoms with E-state index in [9.17, 15) is 46.2 Å². The Bertz CT molecular complexity index is 2150. The number of carbonyl (C=O) groups excluding carboxylic acids is 4. The summed E-state index contributed by atoms with van der Waals surface area (Å²) in [5.41, 5.74) is 0.377. The van der Waals surface area contributed by atoms with Crippen molar-refractivity contribution in [3.63, 3.8) is 0 Å². The van der Waals surface area contributed by atoms with Crippen LogP contribution in [0.5, 0.6) is 0 Å². The Balaban J connectivity index is 0.748. The molecule has 8 fully saturated rings. The highest BCUT2D eigenvalue weighted by molar-refractivity contribution is 7.86. The Morgan fingerprint density at radius 3 is 1.23 bits per heavy atom. The van der Waals surface area contributed by atoms with Crippen LogP contribution in [0.4, 0.5) is 0 Å². The van der Waals surface area contributed by atoms with Gasteiger partial charge < -0.3 is 31.5 Å². The zero-order valence-electron chi connectivity index (χ0n) is 46.2. The molecule has 0 aromatic heterocycles. The highest BCUT2D eigenvalue weighted by Crippen LogP contribution is 2.70. The quantitative estimate of drug-likeness (QED) is 0.0562. The molecule has 8 aliphatic rings. The Labute approximate surface area is 449 Å². The SMILES string of the molecule is C[C@H](CCC(=O)NCCS(=O)(=O)O)[C@H]1CC[C@H]2[C@@H]3[C@@H](O)C[C@@H]4C[C@H](NC(=O)CCCC(=O)N[C@@H]5CC[C@@]6(C)[C@@H](C5)C[C@H](O)[C@@H]5[C@@H]6CC[C@]6(C)[C@@H]([C@H](C)CCC(=O)NCCS(=O)(=O)O)CC[C@@H]56)CC[C@]4(C)[C@H]3CC[C@]12C. The van der Waals surface area contributed by atoms with E-state index in [1.54, 1.807) is 0 Å². The van der Waals surface area contributed by atoms with Gasteiger partial charge in [-0.1, -0.05) is 41.5 Å². The number of hydrogen-bond donors (Lipinski definition) is 8. The topological polar surface area (TPSA) is 266 Å². The third-order valence-electron chi connectivity index (χ3n) is 23.4. The highest BCUT2D eigenvalue weighted by atomic mass is 32.2. The van der Waals surface area contributed by atoms with Gasteiger partial charge in [0.25, 0.3) is 20.2 Å². The van der Waals surface area contributed by atoms with E-state index in [-0.39, 0.29) is 94.5 Å². The van der Waals surface area contributed by atoms with Gasteiger partial charge in [-0.3, -0.25) is 28.3 Å². The van der Waals surface area contributed by atoms with Crippen LogP contribution in [0.15, 0.2) is 0 Å². The number of amides is 4. The van der Waals surface area contributed by atoms with E-state index in [1.807, 2.05) is 0 Å². The van der Waals surface area contributed by atoms with Gasteiger partial charge in [-0.15, -0.1) is 0 Å². The summed E-state index contributed by atoms with van der Waals surface area (Å²) < 4.78 is 62.2. The van der Waals surface area contributed by atoms with Crippen molar-refractivity contribution < 1.29 is 55.3 Å². The lowest BCUT2D eigenvalue weighted by Gasteiger charge is -2.62. The molecule has 0 saturated heterocycles. The smallest absolute Gasteiger partial charge is 0.266 e. The monoisotopic (exact) mass is 1090 g/mol. The Morgan fingerprint density at radius 1 is 0.493 bits per heavy atom. The first-order valence-corrected chi connectivity index (χ1v) is 32.8. The van der Waals surface area contributed by atoms with Crippen molar-refractivity contribution in [3.8, 4) is 0 Å². The molecule has 0 radical (unpaired) electrons. The van der Waals surface area contributed by atoms with Crippen molar-refractivity contribution in [1.82, 2.24) is 21.3 Å². The van der Waals surface area contributed by atoms with Crippen LogP contribution in [0.25, 0.3) is 0 Å². The fraction of sp³-hybridized carbons (Fsp3) is 0.930. The molecule has 0 unspecified atom stereocenters. The molecule has 20 atom stereocenters. The maximum Gasteiger partial charge on any atom is 0.266 e. The molecular formula is C57H96N4O12S2. The van der Waals surface area contributed by atoms with E-state index in [0.29, 0.717) is 104 Å². The van der Waals surface area contributed by atoms with E-state index in [4.69, 9.17) is 9.11 Å². The molecule has 8 rings (SSSR count). The summed E-state index contributed by atoms with van der Waals surface area (Å²) in [6, 6.07) is 0.118. The van der Waals surface area contributed by atoms with Gasteiger partial charge in [-0.25, -0.2) is 0 Å². The van der Waals surface area contributed by atoms with Crippen LogP contribution in [0.1, 0.15) is 189 Å². The molecule has 0 bridgehead atoms. The van der Waals surface area contributed by atoms with Crippen molar-refractivity contribution in [1.29, 1.82) is 0 Å². The molecule has 0 aliphatic heterocycles. The molecule has 75 heavy (non-hydrogen) atoms. The van der Waals surface area contributed by atoms with Gasteiger partial charge in [0.05, 0.1) is 23.7 Å². The van der Waals surface area contributed by atoms with Crippen molar-refractivity contribution >= 4 is 43.9 Å². The van der Waals surface area contributed by atoms with Crippen LogP contribution < -0.4 is 21.3 Å². The van der Waals surface area contributed by atoms with Crippen molar-refractivity contribution in [2.75, 3.05) is 24.6 Å². The van der Waals surface area contributed by atoms with Gasteiger partial charge in [0, 0.05) is 50.9 Å². The number of aliphatic hydroxyl groups excluding tert-OH is 2. The van der Waals surface area contributed by atoms with Crippen molar-refractivity contribution in [2.24, 2.45) is 92.7 Å². The maximum atomic E-state index is 13.4. The first-order chi connectivity index (χ1) is 35.1. The fourth-order valence-corrected chi connectivity index (χ4v) is 20.3. The summed E-state index contributed by atoms with van der Waals surface area (Å²) in [5, 5.41) is 35.9. The summed E-state index contributed by atoms with van der Waals surface area (Å²) in [7, 11) is -8.25. The van der Waals surface area contributed by atoms with Gasteiger partial charge in [0.15, 0.2) is 0 Å². The molecule has 8 N–H and O–H groups in total. The second-order valence-electron chi connectivity index (χ2n) is 27.3. The van der Waals surface area contributed by atoms with Crippen LogP contribution >= 0.6 is 0 Å². The third kappa shape index (κ3) is 12.7. The van der Waals surface area contributed by atoms with E-state index >= 15 is 0 Å². The van der Waals surface area contributed by atoms with Gasteiger partial charge in [0.2, 0.25) is 23.6 Å². The molecule has 0 aromatic rings. The molecule has 0 spiro atoms. The number of hydrogen-bond acceptors (Lipinski definition) is 10. The van der Waals surface area contributed by atoms with E-state index in [0.717, 1.165) is 103 Å². The molecule has 8 aliphatic carbocycles. The normalized spacial score (nSPS) is 42.0. The van der Waals surface area contributed by atoms with Gasteiger partial charge in [-0.2, -0.15) is 16.8 Å². The highest BCUT2D eigenvalue weighted by Gasteiger charge is 2.65. The number of fused-ring (bicyclic) bond motifs is 10. The Morgan fingerprint density at radius 2 is 0.853 bits per heavy atom. The first-order valence-electron chi connectivity index (χ1n) is 29.5. The minimum atomic E-state index is -4.12. The molecule has 428 valence electrons. The van der Waals surface area contributed by atoms with E-state index in [1.165, 1.54) is 0 Å². The van der Waals surface area contributed by atoms with E-state index < -0.39 is 31.7 Å². The van der Waals surface area contributed by atoms with Gasteiger partial charge in [-0.05, 0) is 215 Å². The molecule has 16 nitrogen and oxygen atoms in total. The zero-order chi connectivity index (χ0) is 54.5. The van der Waals surface area contributed by atoms with Crippen molar-refractivity contribution in [2.45, 2.75) is 214 Å². The molecule has 0 heterocycles. The second-order valence-corrected chi connectivity index (χ2v) is 30.4. The Hall–Kier alpha value is -2.38. The standard InChI is InChI=1S/C57H96N4O12S2/c1-34(10-16-48(64)58-26-28-74(68,69)70)40-12-14-42-52-44(20-24-56(40,42)5)54(3)22-18-38(30-36(54)32-46(52)62)60-50(66)8-7-9-51(67)61-39-19-23-55(4)37(31-39)33-47(63)53-43-15-13-41(57(43,6)25-21-45(53)55)35(2)11-17-49(65)59-27-29-75(71,72)73/h34-47,52-53,62-63H,7-33H2,1-6H3,(H,58,64)(H,59,65)(H,60,66)(H,61,67)(H,68,69,70)(H,71,72,73)/t34-,35-,36+,37+,38-,39-,40-,41-,42+,43+,44+,45+,46+,47+,52+,53+,54+,55+,56-,57-/m1/s1. The van der Waals surface area contributed by atoms with Crippen LogP contribution in [-0.4, -0.2) is 109 Å². The number of aliphatic hydroxyl groups is 2. The predicted octanol–water partition coefficient (Wildman–Crippen LogP) is 7.23. The molecule has 4 amide bonds. The zero-order valence-corrected chi connectivity index (χ0v) is 47.8. The van der Waals surface area contributed by atoms with Gasteiger partial charge in [0.1, 0.15) is 0 Å². The summed E-state index contributed by atoms with van der Waals surface area (Å²) in [4.78, 5) is 51.8. The number of carbonyl (C=O) groups is 4. The number of nitrogens with one attached hydrogen (secondary N) is 4.